The quantitative estimate of drug-likeness (QED) is 0.684. The molecular weight excluding hydrogens is 288 g/mol. The SMILES string of the molecule is N#Cc1cccnc1Oc1ccc(C(=O)c2ccccc2)cc1. The summed E-state index contributed by atoms with van der Waals surface area (Å²) < 4.78 is 5.60. The maximum Gasteiger partial charge on any atom is 0.237 e. The fraction of sp³-hybridized carbons (Fsp3) is 0. The van der Waals surface area contributed by atoms with Crippen molar-refractivity contribution in [2.45, 2.75) is 0 Å². The molecule has 0 atom stereocenters. The number of nitrogens with zero attached hydrogens (tertiary/aromatic N) is 2. The van der Waals surface area contributed by atoms with Crippen molar-refractivity contribution in [2.24, 2.45) is 0 Å². The highest BCUT2D eigenvalue weighted by Gasteiger charge is 2.09. The summed E-state index contributed by atoms with van der Waals surface area (Å²) in [6, 6.07) is 21.2. The van der Waals surface area contributed by atoms with Crippen LogP contribution in [0.25, 0.3) is 0 Å². The number of pyridine rings is 1. The molecule has 0 aliphatic heterocycles. The highest BCUT2D eigenvalue weighted by atomic mass is 16.5. The van der Waals surface area contributed by atoms with Crippen molar-refractivity contribution in [3.8, 4) is 17.7 Å². The van der Waals surface area contributed by atoms with Crippen LogP contribution in [0, 0.1) is 11.3 Å². The lowest BCUT2D eigenvalue weighted by Gasteiger charge is -2.07. The summed E-state index contributed by atoms with van der Waals surface area (Å²) in [5.74, 6) is 0.717. The first-order valence-electron chi connectivity index (χ1n) is 7.01. The van der Waals surface area contributed by atoms with Gasteiger partial charge in [0.05, 0.1) is 0 Å². The highest BCUT2D eigenvalue weighted by Crippen LogP contribution is 2.23. The minimum atomic E-state index is -0.0484. The molecule has 3 aromatic rings. The largest absolute Gasteiger partial charge is 0.438 e. The number of rotatable bonds is 4. The summed E-state index contributed by atoms with van der Waals surface area (Å²) in [7, 11) is 0. The second kappa shape index (κ2) is 6.54. The van der Waals surface area contributed by atoms with Gasteiger partial charge in [0, 0.05) is 17.3 Å². The normalized spacial score (nSPS) is 9.87. The standard InChI is InChI=1S/C19H12N2O2/c20-13-16-7-4-12-21-19(16)23-17-10-8-15(9-11-17)18(22)14-5-2-1-3-6-14/h1-12H. The van der Waals surface area contributed by atoms with Gasteiger partial charge in [-0.1, -0.05) is 30.3 Å². The van der Waals surface area contributed by atoms with Gasteiger partial charge in [-0.05, 0) is 36.4 Å². The van der Waals surface area contributed by atoms with Crippen molar-refractivity contribution in [1.29, 1.82) is 5.26 Å². The number of hydrogen-bond donors (Lipinski definition) is 0. The van der Waals surface area contributed by atoms with Crippen LogP contribution in [0.1, 0.15) is 21.5 Å². The van der Waals surface area contributed by atoms with Crippen LogP contribution in [-0.2, 0) is 0 Å². The fourth-order valence-corrected chi connectivity index (χ4v) is 2.10. The fourth-order valence-electron chi connectivity index (χ4n) is 2.10. The lowest BCUT2D eigenvalue weighted by molar-refractivity contribution is 0.103. The molecule has 0 bridgehead atoms. The Bertz CT molecular complexity index is 866. The molecular formula is C19H12N2O2. The predicted octanol–water partition coefficient (Wildman–Crippen LogP) is 3.98. The molecule has 0 spiro atoms. The Balaban J connectivity index is 1.80. The van der Waals surface area contributed by atoms with Gasteiger partial charge in [0.2, 0.25) is 5.88 Å². The van der Waals surface area contributed by atoms with Crippen molar-refractivity contribution in [3.05, 3.63) is 89.6 Å². The first kappa shape index (κ1) is 14.5. The molecule has 3 rings (SSSR count). The Kier molecular flexibility index (Phi) is 4.12. The van der Waals surface area contributed by atoms with E-state index in [9.17, 15) is 4.79 Å². The van der Waals surface area contributed by atoms with E-state index in [-0.39, 0.29) is 11.7 Å². The average Bonchev–Trinajstić information content (AvgIpc) is 2.63. The molecule has 1 aromatic heterocycles. The van der Waals surface area contributed by atoms with Crippen LogP contribution in [0.2, 0.25) is 0 Å². The van der Waals surface area contributed by atoms with Gasteiger partial charge in [0.1, 0.15) is 17.4 Å². The second-order valence-corrected chi connectivity index (χ2v) is 4.79. The maximum absolute atomic E-state index is 12.3. The number of carbonyl (C=O) groups excluding carboxylic acids is 1. The molecule has 0 N–H and O–H groups in total. The summed E-state index contributed by atoms with van der Waals surface area (Å²) in [5, 5.41) is 9.02. The van der Waals surface area contributed by atoms with Gasteiger partial charge in [-0.25, -0.2) is 4.98 Å². The monoisotopic (exact) mass is 300 g/mol. The zero-order valence-corrected chi connectivity index (χ0v) is 12.1. The Morgan fingerprint density at radius 2 is 1.61 bits per heavy atom. The van der Waals surface area contributed by atoms with Crippen LogP contribution < -0.4 is 4.74 Å². The maximum atomic E-state index is 12.3. The average molecular weight is 300 g/mol. The van der Waals surface area contributed by atoms with Gasteiger partial charge in [-0.2, -0.15) is 5.26 Å². The summed E-state index contributed by atoms with van der Waals surface area (Å²) in [6.07, 6.45) is 1.56. The van der Waals surface area contributed by atoms with Gasteiger partial charge >= 0.3 is 0 Å². The number of carbonyl (C=O) groups is 1. The van der Waals surface area contributed by atoms with Gasteiger partial charge in [0.25, 0.3) is 0 Å². The Labute approximate surface area is 133 Å². The first-order chi connectivity index (χ1) is 11.3. The molecule has 0 fully saturated rings. The molecule has 0 unspecified atom stereocenters. The van der Waals surface area contributed by atoms with Gasteiger partial charge in [0.15, 0.2) is 5.78 Å². The van der Waals surface area contributed by atoms with E-state index in [1.807, 2.05) is 24.3 Å². The minimum Gasteiger partial charge on any atom is -0.438 e. The molecule has 110 valence electrons. The van der Waals surface area contributed by atoms with Crippen LogP contribution in [0.5, 0.6) is 11.6 Å². The van der Waals surface area contributed by atoms with E-state index in [2.05, 4.69) is 4.98 Å². The van der Waals surface area contributed by atoms with E-state index in [0.29, 0.717) is 22.4 Å². The predicted molar refractivity (Wildman–Crippen MR) is 85.3 cm³/mol. The molecule has 0 radical (unpaired) electrons. The zero-order valence-electron chi connectivity index (χ0n) is 12.1. The molecule has 4 nitrogen and oxygen atoms in total. The lowest BCUT2D eigenvalue weighted by atomic mass is 10.0. The minimum absolute atomic E-state index is 0.0484. The third-order valence-corrected chi connectivity index (χ3v) is 3.26. The van der Waals surface area contributed by atoms with Crippen molar-refractivity contribution >= 4 is 5.78 Å². The van der Waals surface area contributed by atoms with E-state index in [1.54, 1.807) is 54.7 Å². The number of benzene rings is 2. The van der Waals surface area contributed by atoms with Gasteiger partial charge in [-0.15, -0.1) is 0 Å². The molecule has 1 heterocycles. The van der Waals surface area contributed by atoms with Gasteiger partial charge in [-0.3, -0.25) is 4.79 Å². The van der Waals surface area contributed by atoms with Crippen molar-refractivity contribution < 1.29 is 9.53 Å². The molecule has 0 aliphatic rings. The van der Waals surface area contributed by atoms with Crippen LogP contribution in [-0.4, -0.2) is 10.8 Å². The number of ether oxygens (including phenoxy) is 1. The molecule has 0 saturated heterocycles. The first-order valence-corrected chi connectivity index (χ1v) is 7.01. The molecule has 4 heteroatoms. The number of nitriles is 1. The summed E-state index contributed by atoms with van der Waals surface area (Å²) in [6.45, 7) is 0. The van der Waals surface area contributed by atoms with Crippen molar-refractivity contribution in [1.82, 2.24) is 4.98 Å². The Morgan fingerprint density at radius 1 is 0.913 bits per heavy atom. The number of hydrogen-bond acceptors (Lipinski definition) is 4. The highest BCUT2D eigenvalue weighted by molar-refractivity contribution is 6.08. The summed E-state index contributed by atoms with van der Waals surface area (Å²) in [5.41, 5.74) is 1.57. The van der Waals surface area contributed by atoms with E-state index in [0.717, 1.165) is 0 Å². The van der Waals surface area contributed by atoms with E-state index in [4.69, 9.17) is 10.00 Å². The molecule has 2 aromatic carbocycles. The van der Waals surface area contributed by atoms with Crippen molar-refractivity contribution in [3.63, 3.8) is 0 Å². The molecule has 0 aliphatic carbocycles. The van der Waals surface area contributed by atoms with E-state index < -0.39 is 0 Å². The lowest BCUT2D eigenvalue weighted by Crippen LogP contribution is -2.00. The van der Waals surface area contributed by atoms with Crippen LogP contribution in [0.15, 0.2) is 72.9 Å². The number of ketones is 1. The van der Waals surface area contributed by atoms with E-state index in [1.165, 1.54) is 0 Å². The Hall–Kier alpha value is -3.45. The van der Waals surface area contributed by atoms with Crippen LogP contribution >= 0.6 is 0 Å². The zero-order chi connectivity index (χ0) is 16.1. The molecule has 0 saturated carbocycles. The second-order valence-electron chi connectivity index (χ2n) is 4.79. The molecule has 23 heavy (non-hydrogen) atoms. The Morgan fingerprint density at radius 3 is 2.30 bits per heavy atom. The number of aromatic nitrogens is 1. The third-order valence-electron chi connectivity index (χ3n) is 3.26. The van der Waals surface area contributed by atoms with Crippen LogP contribution in [0.4, 0.5) is 0 Å². The van der Waals surface area contributed by atoms with Crippen molar-refractivity contribution in [2.75, 3.05) is 0 Å². The van der Waals surface area contributed by atoms with Crippen LogP contribution in [0.3, 0.4) is 0 Å². The smallest absolute Gasteiger partial charge is 0.237 e. The van der Waals surface area contributed by atoms with E-state index >= 15 is 0 Å². The topological polar surface area (TPSA) is 63.0 Å². The molecule has 0 amide bonds. The van der Waals surface area contributed by atoms with Gasteiger partial charge < -0.3 is 4.74 Å². The summed E-state index contributed by atoms with van der Waals surface area (Å²) >= 11 is 0. The summed E-state index contributed by atoms with van der Waals surface area (Å²) in [4.78, 5) is 16.4. The third kappa shape index (κ3) is 3.25.